The zero-order valence-corrected chi connectivity index (χ0v) is 14.9. The van der Waals surface area contributed by atoms with Gasteiger partial charge >= 0.3 is 0 Å². The molecule has 1 amide bonds. The van der Waals surface area contributed by atoms with E-state index in [2.05, 4.69) is 45.2 Å². The van der Waals surface area contributed by atoms with Gasteiger partial charge in [0.2, 0.25) is 0 Å². The van der Waals surface area contributed by atoms with Crippen LogP contribution in [0.15, 0.2) is 53.1 Å². The first kappa shape index (κ1) is 15.8. The van der Waals surface area contributed by atoms with Crippen molar-refractivity contribution >= 4 is 21.8 Å². The number of ether oxygens (including phenoxy) is 1. The van der Waals surface area contributed by atoms with Crippen LogP contribution in [0.25, 0.3) is 0 Å². The Kier molecular flexibility index (Phi) is 4.37. The van der Waals surface area contributed by atoms with Gasteiger partial charge in [-0.1, -0.05) is 30.3 Å². The first-order valence-corrected chi connectivity index (χ1v) is 9.08. The summed E-state index contributed by atoms with van der Waals surface area (Å²) in [5, 5.41) is 0. The molecule has 0 unspecified atom stereocenters. The number of benzene rings is 1. The summed E-state index contributed by atoms with van der Waals surface area (Å²) >= 11 is 3.37. The van der Waals surface area contributed by atoms with E-state index >= 15 is 0 Å². The molecule has 2 aromatic rings. The summed E-state index contributed by atoms with van der Waals surface area (Å²) in [6, 6.07) is 14.4. The summed E-state index contributed by atoms with van der Waals surface area (Å²) in [6.07, 6.45) is 2.58. The lowest BCUT2D eigenvalue weighted by atomic mass is 9.84. The molecule has 24 heavy (non-hydrogen) atoms. The number of fused-ring (bicyclic) bond motifs is 1. The molecule has 0 N–H and O–H groups in total. The predicted molar refractivity (Wildman–Crippen MR) is 94.9 cm³/mol. The maximum Gasteiger partial charge on any atom is 0.272 e. The van der Waals surface area contributed by atoms with Gasteiger partial charge in [-0.05, 0) is 40.0 Å². The van der Waals surface area contributed by atoms with Crippen molar-refractivity contribution in [3.05, 3.63) is 64.4 Å². The topological polar surface area (TPSA) is 42.4 Å². The minimum absolute atomic E-state index is 0.0258. The van der Waals surface area contributed by atoms with E-state index in [1.54, 1.807) is 12.3 Å². The third kappa shape index (κ3) is 2.87. The number of carbonyl (C=O) groups excluding carboxylic acids is 1. The van der Waals surface area contributed by atoms with Crippen molar-refractivity contribution in [3.63, 3.8) is 0 Å². The molecule has 124 valence electrons. The lowest BCUT2D eigenvalue weighted by molar-refractivity contribution is 0.0187. The number of halogens is 1. The fourth-order valence-corrected chi connectivity index (χ4v) is 4.17. The third-order valence-corrected chi connectivity index (χ3v) is 5.58. The number of likely N-dealkylation sites (tertiary alicyclic amines) is 1. The molecule has 1 aromatic carbocycles. The molecular formula is C19H19BrN2O2. The zero-order chi connectivity index (χ0) is 16.5. The van der Waals surface area contributed by atoms with Crippen molar-refractivity contribution < 1.29 is 9.53 Å². The van der Waals surface area contributed by atoms with E-state index in [-0.39, 0.29) is 11.9 Å². The van der Waals surface area contributed by atoms with Crippen molar-refractivity contribution in [2.75, 3.05) is 19.8 Å². The quantitative estimate of drug-likeness (QED) is 0.793. The van der Waals surface area contributed by atoms with Gasteiger partial charge in [0.15, 0.2) is 0 Å². The van der Waals surface area contributed by atoms with Crippen LogP contribution in [0.2, 0.25) is 0 Å². The van der Waals surface area contributed by atoms with Gasteiger partial charge in [0.05, 0.1) is 6.61 Å². The van der Waals surface area contributed by atoms with E-state index in [1.807, 2.05) is 17.0 Å². The maximum atomic E-state index is 13.0. The van der Waals surface area contributed by atoms with Gasteiger partial charge in [-0.15, -0.1) is 0 Å². The summed E-state index contributed by atoms with van der Waals surface area (Å²) in [4.78, 5) is 19.3. The number of rotatable bonds is 2. The van der Waals surface area contributed by atoms with Crippen LogP contribution in [0.3, 0.4) is 0 Å². The van der Waals surface area contributed by atoms with Crippen molar-refractivity contribution in [2.24, 2.45) is 5.92 Å². The van der Waals surface area contributed by atoms with Crippen LogP contribution in [0.1, 0.15) is 28.4 Å². The SMILES string of the molecule is O=C(c1ccc(Br)cn1)N1C[C@H](c2ccccc2)[C@H]2COCC[C@@H]21. The summed E-state index contributed by atoms with van der Waals surface area (Å²) in [5.74, 6) is 0.717. The third-order valence-electron chi connectivity index (χ3n) is 5.11. The highest BCUT2D eigenvalue weighted by Gasteiger charge is 2.46. The minimum atomic E-state index is 0.0258. The number of hydrogen-bond acceptors (Lipinski definition) is 3. The molecular weight excluding hydrogens is 368 g/mol. The van der Waals surface area contributed by atoms with Crippen LogP contribution in [0.4, 0.5) is 0 Å². The molecule has 1 aromatic heterocycles. The monoisotopic (exact) mass is 386 g/mol. The van der Waals surface area contributed by atoms with Gasteiger partial charge in [0.25, 0.3) is 5.91 Å². The lowest BCUT2D eigenvalue weighted by Crippen LogP contribution is -2.42. The van der Waals surface area contributed by atoms with Crippen molar-refractivity contribution in [3.8, 4) is 0 Å². The first-order valence-electron chi connectivity index (χ1n) is 8.29. The first-order chi connectivity index (χ1) is 11.7. The molecule has 3 atom stereocenters. The fourth-order valence-electron chi connectivity index (χ4n) is 3.94. The van der Waals surface area contributed by atoms with Gasteiger partial charge in [-0.25, -0.2) is 4.98 Å². The van der Waals surface area contributed by atoms with Gasteiger partial charge in [-0.2, -0.15) is 0 Å². The van der Waals surface area contributed by atoms with E-state index in [4.69, 9.17) is 4.74 Å². The number of pyridine rings is 1. The maximum absolute atomic E-state index is 13.0. The van der Waals surface area contributed by atoms with Crippen molar-refractivity contribution in [1.82, 2.24) is 9.88 Å². The second-order valence-electron chi connectivity index (χ2n) is 6.43. The van der Waals surface area contributed by atoms with E-state index in [0.29, 0.717) is 17.5 Å². The normalized spacial score (nSPS) is 26.2. The van der Waals surface area contributed by atoms with E-state index in [0.717, 1.165) is 30.7 Å². The Balaban J connectivity index is 1.63. The van der Waals surface area contributed by atoms with Crippen LogP contribution in [0.5, 0.6) is 0 Å². The molecule has 4 nitrogen and oxygen atoms in total. The van der Waals surface area contributed by atoms with Crippen LogP contribution < -0.4 is 0 Å². The number of nitrogens with zero attached hydrogens (tertiary/aromatic N) is 2. The summed E-state index contributed by atoms with van der Waals surface area (Å²) in [7, 11) is 0. The largest absolute Gasteiger partial charge is 0.381 e. The number of hydrogen-bond donors (Lipinski definition) is 0. The minimum Gasteiger partial charge on any atom is -0.381 e. The highest BCUT2D eigenvalue weighted by molar-refractivity contribution is 9.10. The molecule has 0 bridgehead atoms. The smallest absolute Gasteiger partial charge is 0.272 e. The Labute approximate surface area is 150 Å². The Hall–Kier alpha value is -1.72. The van der Waals surface area contributed by atoms with Gasteiger partial charge in [0, 0.05) is 41.7 Å². The Bertz CT molecular complexity index is 720. The van der Waals surface area contributed by atoms with Gasteiger partial charge < -0.3 is 9.64 Å². The number of amides is 1. The average molecular weight is 387 g/mol. The zero-order valence-electron chi connectivity index (χ0n) is 13.3. The molecule has 0 radical (unpaired) electrons. The molecule has 4 rings (SSSR count). The molecule has 2 aliphatic heterocycles. The van der Waals surface area contributed by atoms with E-state index in [9.17, 15) is 4.79 Å². The molecule has 0 aliphatic carbocycles. The van der Waals surface area contributed by atoms with Gasteiger partial charge in [-0.3, -0.25) is 4.79 Å². The van der Waals surface area contributed by atoms with Gasteiger partial charge in [0.1, 0.15) is 5.69 Å². The lowest BCUT2D eigenvalue weighted by Gasteiger charge is -2.32. The van der Waals surface area contributed by atoms with Crippen LogP contribution in [-0.2, 0) is 4.74 Å². The fraction of sp³-hybridized carbons (Fsp3) is 0.368. The molecule has 3 heterocycles. The number of aromatic nitrogens is 1. The van der Waals surface area contributed by atoms with Crippen LogP contribution in [-0.4, -0.2) is 41.6 Å². The highest BCUT2D eigenvalue weighted by atomic mass is 79.9. The standard InChI is InChI=1S/C19H19BrN2O2/c20-14-6-7-17(21-10-14)19(23)22-11-15(13-4-2-1-3-5-13)16-12-24-9-8-18(16)22/h1-7,10,15-16,18H,8-9,11-12H2/t15-,16-,18+/m1/s1. The average Bonchev–Trinajstić information content (AvgIpc) is 3.02. The Morgan fingerprint density at radius 2 is 2.04 bits per heavy atom. The van der Waals surface area contributed by atoms with E-state index in [1.165, 1.54) is 5.56 Å². The summed E-state index contributed by atoms with van der Waals surface area (Å²) < 4.78 is 6.61. The molecule has 2 fully saturated rings. The van der Waals surface area contributed by atoms with E-state index < -0.39 is 0 Å². The Morgan fingerprint density at radius 3 is 2.79 bits per heavy atom. The molecule has 5 heteroatoms. The molecule has 2 aliphatic rings. The summed E-state index contributed by atoms with van der Waals surface area (Å²) in [6.45, 7) is 2.18. The summed E-state index contributed by atoms with van der Waals surface area (Å²) in [5.41, 5.74) is 1.80. The van der Waals surface area contributed by atoms with Crippen molar-refractivity contribution in [2.45, 2.75) is 18.4 Å². The van der Waals surface area contributed by atoms with Crippen LogP contribution in [0, 0.1) is 5.92 Å². The van der Waals surface area contributed by atoms with Crippen molar-refractivity contribution in [1.29, 1.82) is 0 Å². The predicted octanol–water partition coefficient (Wildman–Crippen LogP) is 3.49. The van der Waals surface area contributed by atoms with Crippen LogP contribution >= 0.6 is 15.9 Å². The molecule has 0 spiro atoms. The molecule has 2 saturated heterocycles. The second-order valence-corrected chi connectivity index (χ2v) is 7.35. The number of carbonyl (C=O) groups is 1. The second kappa shape index (κ2) is 6.65. The molecule has 0 saturated carbocycles. The Morgan fingerprint density at radius 1 is 1.21 bits per heavy atom. The highest BCUT2D eigenvalue weighted by Crippen LogP contribution is 2.41.